The molecule has 2 N–H and O–H groups in total. The van der Waals surface area contributed by atoms with E-state index >= 15 is 0 Å². The first kappa shape index (κ1) is 28.0. The lowest BCUT2D eigenvalue weighted by atomic mass is 9.34. The monoisotopic (exact) mass is 546 g/mol. The number of ketones is 1. The Labute approximate surface area is 241 Å². The lowest BCUT2D eigenvalue weighted by Gasteiger charge is -2.70. The smallest absolute Gasteiger partial charge is 0.225 e. The molecule has 6 aliphatic rings. The maximum atomic E-state index is 13.7. The molecule has 0 bridgehead atoms. The van der Waals surface area contributed by atoms with E-state index in [1.54, 1.807) is 6.08 Å². The van der Waals surface area contributed by atoms with Crippen molar-refractivity contribution in [2.45, 2.75) is 99.3 Å². The second-order valence-corrected chi connectivity index (χ2v) is 15.4. The first-order valence-electron chi connectivity index (χ1n) is 15.9. The molecular formula is C35H50N2O3. The van der Waals surface area contributed by atoms with Crippen molar-refractivity contribution in [2.75, 3.05) is 26.2 Å². The minimum absolute atomic E-state index is 0.0162. The molecule has 0 aromatic carbocycles. The second kappa shape index (κ2) is 9.18. The Morgan fingerprint density at radius 2 is 1.70 bits per heavy atom. The van der Waals surface area contributed by atoms with Crippen molar-refractivity contribution >= 4 is 11.7 Å². The Balaban J connectivity index is 1.30. The van der Waals surface area contributed by atoms with Gasteiger partial charge in [-0.2, -0.15) is 0 Å². The van der Waals surface area contributed by atoms with E-state index in [0.29, 0.717) is 11.5 Å². The third kappa shape index (κ3) is 3.82. The van der Waals surface area contributed by atoms with Gasteiger partial charge in [-0.25, -0.2) is 0 Å². The number of fused-ring (bicyclic) bond motifs is 7. The number of rotatable bonds is 4. The molecule has 218 valence electrons. The highest BCUT2D eigenvalue weighted by Gasteiger charge is 2.67. The van der Waals surface area contributed by atoms with Gasteiger partial charge in [0.15, 0.2) is 5.76 Å². The first-order valence-corrected chi connectivity index (χ1v) is 15.9. The molecule has 5 nitrogen and oxygen atoms in total. The van der Waals surface area contributed by atoms with Crippen LogP contribution in [0.1, 0.15) is 99.3 Å². The van der Waals surface area contributed by atoms with E-state index in [-0.39, 0.29) is 44.5 Å². The summed E-state index contributed by atoms with van der Waals surface area (Å²) >= 11 is 0. The summed E-state index contributed by atoms with van der Waals surface area (Å²) in [5.74, 6) is 0.338. The van der Waals surface area contributed by atoms with Gasteiger partial charge in [-0.3, -0.25) is 9.59 Å². The summed E-state index contributed by atoms with van der Waals surface area (Å²) in [6, 6.07) is 0. The third-order valence-corrected chi connectivity index (χ3v) is 13.3. The highest BCUT2D eigenvalue weighted by molar-refractivity contribution is 6.06. The molecule has 0 unspecified atom stereocenters. The summed E-state index contributed by atoms with van der Waals surface area (Å²) in [6.07, 6.45) is 16.2. The van der Waals surface area contributed by atoms with Crippen LogP contribution < -0.4 is 5.32 Å². The zero-order valence-corrected chi connectivity index (χ0v) is 25.7. The van der Waals surface area contributed by atoms with Gasteiger partial charge in [-0.1, -0.05) is 52.3 Å². The molecule has 1 aliphatic heterocycles. The Bertz CT molecular complexity index is 1270. The molecular weight excluding hydrogens is 496 g/mol. The van der Waals surface area contributed by atoms with Gasteiger partial charge >= 0.3 is 0 Å². The number of hydrogen-bond acceptors (Lipinski definition) is 4. The summed E-state index contributed by atoms with van der Waals surface area (Å²) in [6.45, 7) is 18.0. The van der Waals surface area contributed by atoms with Crippen LogP contribution in [0.4, 0.5) is 0 Å². The maximum Gasteiger partial charge on any atom is 0.225 e. The topological polar surface area (TPSA) is 69.6 Å². The number of amides is 1. The molecule has 0 radical (unpaired) electrons. The number of nitrogens with one attached hydrogen (secondary N) is 1. The molecule has 0 aromatic rings. The highest BCUT2D eigenvalue weighted by atomic mass is 16.3. The number of hydrogen-bond donors (Lipinski definition) is 2. The van der Waals surface area contributed by atoms with E-state index in [2.05, 4.69) is 57.0 Å². The van der Waals surface area contributed by atoms with Crippen LogP contribution in [0.15, 0.2) is 46.3 Å². The standard InChI is InChI=1S/C35H50N2O3/c1-23-24-9-10-27-33(4,25(24)21-26(38)29(23)39)14-16-35(6)28-22-32(3,12-11-31(28,2)13-15-34(27,35)5)30(40)36-17-20-37-18-7-8-19-37/h9-10,21,28,39H,7-8,11-20,22H2,1-6H3,(H,36,40)/t28-,31-,32-,33+,34-,35+/m1/s1. The molecule has 3 saturated carbocycles. The highest BCUT2D eigenvalue weighted by Crippen LogP contribution is 2.75. The SMILES string of the molecule is CC1=C(O)C(=O)C=C2C1=CC=C1[C@@]2(C)CC[C@@]2(C)[C@@H]3C[C@](C)(C(=O)NCCN4CCCC4)CC[C@]3(C)CC[C@]12C. The van der Waals surface area contributed by atoms with Crippen molar-refractivity contribution in [3.63, 3.8) is 0 Å². The molecule has 40 heavy (non-hydrogen) atoms. The second-order valence-electron chi connectivity index (χ2n) is 15.4. The van der Waals surface area contributed by atoms with Crippen molar-refractivity contribution in [2.24, 2.45) is 33.0 Å². The Kier molecular flexibility index (Phi) is 6.43. The predicted octanol–water partition coefficient (Wildman–Crippen LogP) is 6.83. The zero-order chi connectivity index (χ0) is 28.7. The average Bonchev–Trinajstić information content (AvgIpc) is 3.44. The molecule has 1 saturated heterocycles. The van der Waals surface area contributed by atoms with Gasteiger partial charge in [0.25, 0.3) is 0 Å². The van der Waals surface area contributed by atoms with E-state index < -0.39 is 0 Å². The van der Waals surface area contributed by atoms with Crippen molar-refractivity contribution < 1.29 is 14.7 Å². The number of allylic oxidation sites excluding steroid dienone is 7. The Morgan fingerprint density at radius 3 is 2.42 bits per heavy atom. The van der Waals surface area contributed by atoms with Gasteiger partial charge < -0.3 is 15.3 Å². The van der Waals surface area contributed by atoms with E-state index in [1.807, 2.05) is 6.92 Å². The largest absolute Gasteiger partial charge is 0.504 e. The van der Waals surface area contributed by atoms with Gasteiger partial charge in [0.05, 0.1) is 0 Å². The van der Waals surface area contributed by atoms with Gasteiger partial charge in [-0.15, -0.1) is 0 Å². The maximum absolute atomic E-state index is 13.7. The van der Waals surface area contributed by atoms with Crippen molar-refractivity contribution in [1.29, 1.82) is 0 Å². The fourth-order valence-corrected chi connectivity index (χ4v) is 10.2. The summed E-state index contributed by atoms with van der Waals surface area (Å²) in [7, 11) is 0. The molecule has 6 rings (SSSR count). The van der Waals surface area contributed by atoms with E-state index in [9.17, 15) is 14.7 Å². The molecule has 0 spiro atoms. The molecule has 0 aromatic heterocycles. The van der Waals surface area contributed by atoms with E-state index in [0.717, 1.165) is 75.9 Å². The van der Waals surface area contributed by atoms with Gasteiger partial charge in [0, 0.05) is 29.5 Å². The van der Waals surface area contributed by atoms with Crippen LogP contribution in [0.2, 0.25) is 0 Å². The number of carbonyl (C=O) groups excluding carboxylic acids is 2. The van der Waals surface area contributed by atoms with Crippen molar-refractivity contribution in [3.8, 4) is 0 Å². The van der Waals surface area contributed by atoms with Crippen LogP contribution in [0, 0.1) is 33.0 Å². The number of aliphatic hydroxyl groups excluding tert-OH is 1. The molecule has 6 atom stereocenters. The van der Waals surface area contributed by atoms with Crippen LogP contribution in [-0.4, -0.2) is 47.9 Å². The molecule has 5 heteroatoms. The lowest BCUT2D eigenvalue weighted by molar-refractivity contribution is -0.169. The van der Waals surface area contributed by atoms with E-state index in [1.165, 1.54) is 24.8 Å². The number of carbonyl (C=O) groups is 2. The quantitative estimate of drug-likeness (QED) is 0.406. The van der Waals surface area contributed by atoms with Crippen molar-refractivity contribution in [3.05, 3.63) is 46.3 Å². The first-order chi connectivity index (χ1) is 18.8. The fourth-order valence-electron chi connectivity index (χ4n) is 10.2. The van der Waals surface area contributed by atoms with Gasteiger partial charge in [0.2, 0.25) is 11.7 Å². The Morgan fingerprint density at radius 1 is 1.00 bits per heavy atom. The average molecular weight is 547 g/mol. The van der Waals surface area contributed by atoms with Crippen LogP contribution in [0.3, 0.4) is 0 Å². The summed E-state index contributed by atoms with van der Waals surface area (Å²) < 4.78 is 0. The molecule has 1 heterocycles. The number of aliphatic hydroxyl groups is 1. The van der Waals surface area contributed by atoms with Crippen LogP contribution >= 0.6 is 0 Å². The number of nitrogens with zero attached hydrogens (tertiary/aromatic N) is 1. The summed E-state index contributed by atoms with van der Waals surface area (Å²) in [5.41, 5.74) is 4.02. The summed E-state index contributed by atoms with van der Waals surface area (Å²) in [5, 5.41) is 13.7. The van der Waals surface area contributed by atoms with Crippen LogP contribution in [0.5, 0.6) is 0 Å². The van der Waals surface area contributed by atoms with Gasteiger partial charge in [0.1, 0.15) is 0 Å². The van der Waals surface area contributed by atoms with Gasteiger partial charge in [-0.05, 0) is 117 Å². The Hall–Kier alpha value is -2.14. The normalized spacial score (nSPS) is 43.1. The zero-order valence-electron chi connectivity index (χ0n) is 25.7. The van der Waals surface area contributed by atoms with E-state index in [4.69, 9.17) is 0 Å². The number of likely N-dealkylation sites (tertiary alicyclic amines) is 1. The predicted molar refractivity (Wildman–Crippen MR) is 160 cm³/mol. The molecule has 5 aliphatic carbocycles. The van der Waals surface area contributed by atoms with Crippen LogP contribution in [0.25, 0.3) is 0 Å². The van der Waals surface area contributed by atoms with Crippen molar-refractivity contribution in [1.82, 2.24) is 10.2 Å². The molecule has 1 amide bonds. The minimum atomic E-state index is -0.330. The summed E-state index contributed by atoms with van der Waals surface area (Å²) in [4.78, 5) is 28.9. The minimum Gasteiger partial charge on any atom is -0.504 e. The van der Waals surface area contributed by atoms with Crippen LogP contribution in [-0.2, 0) is 9.59 Å². The third-order valence-electron chi connectivity index (χ3n) is 13.3. The fraction of sp³-hybridized carbons (Fsp3) is 0.714. The lowest BCUT2D eigenvalue weighted by Crippen LogP contribution is -2.62. The molecule has 4 fully saturated rings.